The van der Waals surface area contributed by atoms with Crippen LogP contribution in [0.4, 0.5) is 0 Å². The van der Waals surface area contributed by atoms with E-state index in [1.54, 1.807) is 0 Å². The van der Waals surface area contributed by atoms with E-state index in [-0.39, 0.29) is 12.6 Å². The summed E-state index contributed by atoms with van der Waals surface area (Å²) in [4.78, 5) is 4.78. The average molecular weight is 289 g/mol. The number of aromatic nitrogens is 2. The summed E-state index contributed by atoms with van der Waals surface area (Å²) in [7, 11) is 0. The summed E-state index contributed by atoms with van der Waals surface area (Å²) in [6.45, 7) is 8.61. The van der Waals surface area contributed by atoms with Crippen molar-refractivity contribution in [2.75, 3.05) is 13.2 Å². The van der Waals surface area contributed by atoms with Crippen LogP contribution in [0.2, 0.25) is 0 Å². The van der Waals surface area contributed by atoms with Crippen molar-refractivity contribution >= 4 is 11.0 Å². The second kappa shape index (κ2) is 7.57. The molecular weight excluding hydrogens is 262 g/mol. The quantitative estimate of drug-likeness (QED) is 0.785. The molecule has 4 heteroatoms. The molecule has 0 aliphatic carbocycles. The molecule has 2 atom stereocenters. The lowest BCUT2D eigenvalue weighted by Crippen LogP contribution is -2.28. The number of hydrogen-bond acceptors (Lipinski definition) is 3. The molecule has 116 valence electrons. The number of nitrogens with zero attached hydrogens (tertiary/aromatic N) is 2. The highest BCUT2D eigenvalue weighted by Crippen LogP contribution is 2.21. The third-order valence-corrected chi connectivity index (χ3v) is 4.22. The molecule has 0 saturated heterocycles. The molecule has 21 heavy (non-hydrogen) atoms. The Morgan fingerprint density at radius 3 is 2.71 bits per heavy atom. The van der Waals surface area contributed by atoms with E-state index in [0.29, 0.717) is 5.92 Å². The number of benzene rings is 1. The Hall–Kier alpha value is -1.39. The van der Waals surface area contributed by atoms with Crippen LogP contribution in [0, 0.1) is 5.92 Å². The number of aliphatic hydroxyl groups is 1. The van der Waals surface area contributed by atoms with E-state index in [9.17, 15) is 0 Å². The standard InChI is InChI=1S/C17H27N3O/c1-4-14(10-11-21)12-18-13(3)17-19-15-8-6-7-9-16(15)20(17)5-2/h6-9,13-14,18,21H,4-5,10-12H2,1-3H3. The lowest BCUT2D eigenvalue weighted by molar-refractivity contribution is 0.248. The molecule has 2 rings (SSSR count). The van der Waals surface area contributed by atoms with E-state index < -0.39 is 0 Å². The SMILES string of the molecule is CCC(CCO)CNC(C)c1nc2ccccc2n1CC. The molecule has 2 N–H and O–H groups in total. The molecule has 0 bridgehead atoms. The zero-order valence-electron chi connectivity index (χ0n) is 13.3. The highest BCUT2D eigenvalue weighted by Gasteiger charge is 2.16. The van der Waals surface area contributed by atoms with Gasteiger partial charge in [0.05, 0.1) is 17.1 Å². The molecule has 2 unspecified atom stereocenters. The van der Waals surface area contributed by atoms with Gasteiger partial charge in [-0.1, -0.05) is 25.5 Å². The Labute approximate surface area is 127 Å². The lowest BCUT2D eigenvalue weighted by Gasteiger charge is -2.19. The number of fused-ring (bicyclic) bond motifs is 1. The van der Waals surface area contributed by atoms with E-state index in [1.807, 2.05) is 6.07 Å². The number of nitrogens with one attached hydrogen (secondary N) is 1. The van der Waals surface area contributed by atoms with E-state index >= 15 is 0 Å². The van der Waals surface area contributed by atoms with E-state index in [4.69, 9.17) is 10.1 Å². The normalized spacial score (nSPS) is 14.5. The number of aryl methyl sites for hydroxylation is 1. The maximum absolute atomic E-state index is 9.08. The van der Waals surface area contributed by atoms with Gasteiger partial charge in [0.2, 0.25) is 0 Å². The van der Waals surface area contributed by atoms with Crippen LogP contribution in [-0.2, 0) is 6.54 Å². The van der Waals surface area contributed by atoms with Crippen molar-refractivity contribution in [1.82, 2.24) is 14.9 Å². The minimum absolute atomic E-state index is 0.213. The number of hydrogen-bond donors (Lipinski definition) is 2. The van der Waals surface area contributed by atoms with Crippen LogP contribution < -0.4 is 5.32 Å². The van der Waals surface area contributed by atoms with Crippen LogP contribution in [-0.4, -0.2) is 27.8 Å². The van der Waals surface area contributed by atoms with Crippen LogP contribution in [0.5, 0.6) is 0 Å². The van der Waals surface area contributed by atoms with Crippen molar-refractivity contribution in [3.05, 3.63) is 30.1 Å². The summed E-state index contributed by atoms with van der Waals surface area (Å²) >= 11 is 0. The van der Waals surface area contributed by atoms with Crippen molar-refractivity contribution < 1.29 is 5.11 Å². The van der Waals surface area contributed by atoms with Gasteiger partial charge in [0.1, 0.15) is 5.82 Å². The molecular formula is C17H27N3O. The largest absolute Gasteiger partial charge is 0.396 e. The van der Waals surface area contributed by atoms with Gasteiger partial charge >= 0.3 is 0 Å². The van der Waals surface area contributed by atoms with Crippen LogP contribution in [0.25, 0.3) is 11.0 Å². The van der Waals surface area contributed by atoms with Gasteiger partial charge in [0.25, 0.3) is 0 Å². The van der Waals surface area contributed by atoms with Gasteiger partial charge in [-0.05, 0) is 44.9 Å². The first kappa shape index (κ1) is 16.0. The van der Waals surface area contributed by atoms with Crippen molar-refractivity contribution in [1.29, 1.82) is 0 Å². The van der Waals surface area contributed by atoms with Crippen LogP contribution in [0.15, 0.2) is 24.3 Å². The Bertz CT molecular complexity index is 564. The average Bonchev–Trinajstić information content (AvgIpc) is 2.89. The predicted molar refractivity (Wildman–Crippen MR) is 87.3 cm³/mol. The van der Waals surface area contributed by atoms with Crippen LogP contribution >= 0.6 is 0 Å². The summed E-state index contributed by atoms with van der Waals surface area (Å²) in [5, 5.41) is 12.7. The molecule has 1 aromatic carbocycles. The minimum Gasteiger partial charge on any atom is -0.396 e. The molecule has 1 aromatic heterocycles. The van der Waals surface area contributed by atoms with Gasteiger partial charge in [-0.15, -0.1) is 0 Å². The van der Waals surface area contributed by atoms with Gasteiger partial charge in [-0.2, -0.15) is 0 Å². The fourth-order valence-corrected chi connectivity index (χ4v) is 2.82. The molecule has 1 heterocycles. The van der Waals surface area contributed by atoms with Gasteiger partial charge < -0.3 is 15.0 Å². The maximum Gasteiger partial charge on any atom is 0.126 e. The fourth-order valence-electron chi connectivity index (χ4n) is 2.82. The zero-order valence-corrected chi connectivity index (χ0v) is 13.3. The Morgan fingerprint density at radius 1 is 1.29 bits per heavy atom. The Morgan fingerprint density at radius 2 is 2.05 bits per heavy atom. The maximum atomic E-state index is 9.08. The first-order chi connectivity index (χ1) is 10.2. The second-order valence-electron chi connectivity index (χ2n) is 5.62. The third-order valence-electron chi connectivity index (χ3n) is 4.22. The lowest BCUT2D eigenvalue weighted by atomic mass is 10.0. The molecule has 2 aromatic rings. The first-order valence-electron chi connectivity index (χ1n) is 8.00. The number of imidazole rings is 1. The summed E-state index contributed by atoms with van der Waals surface area (Å²) in [6.07, 6.45) is 1.95. The topological polar surface area (TPSA) is 50.1 Å². The summed E-state index contributed by atoms with van der Waals surface area (Å²) in [5.41, 5.74) is 2.26. The third kappa shape index (κ3) is 3.63. The fraction of sp³-hybridized carbons (Fsp3) is 0.588. The van der Waals surface area contributed by atoms with Gasteiger partial charge in [0, 0.05) is 13.2 Å². The highest BCUT2D eigenvalue weighted by atomic mass is 16.3. The van der Waals surface area contributed by atoms with Crippen LogP contribution in [0.3, 0.4) is 0 Å². The van der Waals surface area contributed by atoms with Gasteiger partial charge in [-0.3, -0.25) is 0 Å². The number of para-hydroxylation sites is 2. The number of aliphatic hydroxyl groups excluding tert-OH is 1. The molecule has 0 aliphatic heterocycles. The minimum atomic E-state index is 0.213. The van der Waals surface area contributed by atoms with Crippen molar-refractivity contribution in [3.63, 3.8) is 0 Å². The second-order valence-corrected chi connectivity index (χ2v) is 5.62. The van der Waals surface area contributed by atoms with Crippen molar-refractivity contribution in [3.8, 4) is 0 Å². The smallest absolute Gasteiger partial charge is 0.126 e. The first-order valence-corrected chi connectivity index (χ1v) is 8.00. The molecule has 0 saturated carbocycles. The molecule has 0 aliphatic rings. The molecule has 0 amide bonds. The van der Waals surface area contributed by atoms with E-state index in [2.05, 4.69) is 48.9 Å². The summed E-state index contributed by atoms with van der Waals surface area (Å²) in [5.74, 6) is 1.62. The molecule has 0 radical (unpaired) electrons. The molecule has 4 nitrogen and oxygen atoms in total. The predicted octanol–water partition coefficient (Wildman–Crippen LogP) is 3.12. The van der Waals surface area contributed by atoms with Gasteiger partial charge in [-0.25, -0.2) is 4.98 Å². The zero-order chi connectivity index (χ0) is 15.2. The van der Waals surface area contributed by atoms with Gasteiger partial charge in [0.15, 0.2) is 0 Å². The van der Waals surface area contributed by atoms with E-state index in [1.165, 1.54) is 5.52 Å². The summed E-state index contributed by atoms with van der Waals surface area (Å²) < 4.78 is 2.28. The van der Waals surface area contributed by atoms with Crippen LogP contribution in [0.1, 0.15) is 45.5 Å². The van der Waals surface area contributed by atoms with Crippen molar-refractivity contribution in [2.45, 2.75) is 46.2 Å². The monoisotopic (exact) mass is 289 g/mol. The summed E-state index contributed by atoms with van der Waals surface area (Å²) in [6, 6.07) is 8.50. The van der Waals surface area contributed by atoms with E-state index in [0.717, 1.165) is 37.3 Å². The van der Waals surface area contributed by atoms with Crippen molar-refractivity contribution in [2.24, 2.45) is 5.92 Å². The molecule has 0 fully saturated rings. The molecule has 0 spiro atoms. The number of rotatable bonds is 8. The Balaban J connectivity index is 2.13. The highest BCUT2D eigenvalue weighted by molar-refractivity contribution is 5.76. The Kier molecular flexibility index (Phi) is 5.76.